The van der Waals surface area contributed by atoms with Crippen molar-refractivity contribution in [3.05, 3.63) is 50.9 Å². The largest absolute Gasteiger partial charge is 0.477 e. The minimum Gasteiger partial charge on any atom is -0.477 e. The van der Waals surface area contributed by atoms with Crippen LogP contribution in [0.25, 0.3) is 6.08 Å². The summed E-state index contributed by atoms with van der Waals surface area (Å²) in [4.78, 5) is 16.0. The maximum absolute atomic E-state index is 12.8. The average molecular weight is 371 g/mol. The van der Waals surface area contributed by atoms with Crippen molar-refractivity contribution in [1.82, 2.24) is 4.90 Å². The summed E-state index contributed by atoms with van der Waals surface area (Å²) in [6, 6.07) is 5.85. The zero-order valence-corrected chi connectivity index (χ0v) is 15.7. The Labute approximate surface area is 156 Å². The molecule has 1 aromatic carbocycles. The Morgan fingerprint density at radius 3 is 3.04 bits per heavy atom. The van der Waals surface area contributed by atoms with Gasteiger partial charge >= 0.3 is 0 Å². The maximum Gasteiger partial charge on any atom is 0.232 e. The highest BCUT2D eigenvalue weighted by Gasteiger charge is 2.33. The zero-order chi connectivity index (χ0) is 18.1. The van der Waals surface area contributed by atoms with E-state index >= 15 is 0 Å². The maximum atomic E-state index is 12.8. The molecule has 0 fully saturated rings. The van der Waals surface area contributed by atoms with E-state index < -0.39 is 0 Å². The number of carbonyl (C=O) groups excluding carboxylic acids is 1. The first kappa shape index (κ1) is 17.3. The molecule has 0 bridgehead atoms. The molecule has 3 heterocycles. The van der Waals surface area contributed by atoms with Crippen molar-refractivity contribution in [2.24, 2.45) is 0 Å². The lowest BCUT2D eigenvalue weighted by Crippen LogP contribution is -2.33. The number of thiophene rings is 1. The SMILES string of the molecule is COCCCN1COc2c(cc3c(c2C)O/C(=C\c2cccs2)C3=O)C1. The Kier molecular flexibility index (Phi) is 4.80. The molecule has 4 rings (SSSR count). The number of nitrogens with zero attached hydrogens (tertiary/aromatic N) is 1. The van der Waals surface area contributed by atoms with Gasteiger partial charge in [-0.1, -0.05) is 6.07 Å². The smallest absolute Gasteiger partial charge is 0.232 e. The number of allylic oxidation sites excluding steroid dienone is 1. The van der Waals surface area contributed by atoms with E-state index in [0.29, 0.717) is 23.8 Å². The van der Waals surface area contributed by atoms with Crippen LogP contribution < -0.4 is 9.47 Å². The molecule has 0 saturated heterocycles. The molecule has 1 aromatic heterocycles. The number of ketones is 1. The van der Waals surface area contributed by atoms with Gasteiger partial charge in [-0.25, -0.2) is 0 Å². The number of methoxy groups -OCH3 is 1. The van der Waals surface area contributed by atoms with E-state index in [1.54, 1.807) is 18.4 Å². The van der Waals surface area contributed by atoms with Crippen molar-refractivity contribution in [3.8, 4) is 11.5 Å². The molecule has 0 aliphatic carbocycles. The molecule has 5 nitrogen and oxygen atoms in total. The quantitative estimate of drug-likeness (QED) is 0.590. The fraction of sp³-hybridized carbons (Fsp3) is 0.350. The first-order valence-electron chi connectivity index (χ1n) is 8.65. The van der Waals surface area contributed by atoms with Crippen LogP contribution in [0.2, 0.25) is 0 Å². The molecule has 0 radical (unpaired) electrons. The third kappa shape index (κ3) is 3.16. The highest BCUT2D eigenvalue weighted by Crippen LogP contribution is 2.43. The van der Waals surface area contributed by atoms with Crippen LogP contribution in [0.3, 0.4) is 0 Å². The molecule has 6 heteroatoms. The van der Waals surface area contributed by atoms with Crippen molar-refractivity contribution < 1.29 is 19.0 Å². The van der Waals surface area contributed by atoms with Crippen molar-refractivity contribution in [1.29, 1.82) is 0 Å². The molecule has 136 valence electrons. The lowest BCUT2D eigenvalue weighted by Gasteiger charge is -2.30. The molecule has 2 aromatic rings. The summed E-state index contributed by atoms with van der Waals surface area (Å²) in [7, 11) is 1.71. The highest BCUT2D eigenvalue weighted by molar-refractivity contribution is 7.10. The van der Waals surface area contributed by atoms with Crippen molar-refractivity contribution in [3.63, 3.8) is 0 Å². The minimum atomic E-state index is -0.0594. The lowest BCUT2D eigenvalue weighted by molar-refractivity contribution is 0.0826. The van der Waals surface area contributed by atoms with Gasteiger partial charge in [0.05, 0.1) is 5.56 Å². The Morgan fingerprint density at radius 1 is 1.38 bits per heavy atom. The van der Waals surface area contributed by atoms with Crippen LogP contribution in [0, 0.1) is 6.92 Å². The number of fused-ring (bicyclic) bond motifs is 2. The Bertz CT molecular complexity index is 857. The van der Waals surface area contributed by atoms with Gasteiger partial charge in [-0.15, -0.1) is 11.3 Å². The van der Waals surface area contributed by atoms with Crippen LogP contribution in [-0.4, -0.2) is 37.7 Å². The third-order valence-electron chi connectivity index (χ3n) is 4.64. The molecule has 0 amide bonds. The number of Topliss-reactive ketones (excluding diaryl/α,β-unsaturated/α-hetero) is 1. The second kappa shape index (κ2) is 7.23. The monoisotopic (exact) mass is 371 g/mol. The molecule has 2 aliphatic rings. The molecule has 0 atom stereocenters. The van der Waals surface area contributed by atoms with Gasteiger partial charge in [0, 0.05) is 48.9 Å². The van der Waals surface area contributed by atoms with E-state index in [0.717, 1.165) is 47.9 Å². The highest BCUT2D eigenvalue weighted by atomic mass is 32.1. The van der Waals surface area contributed by atoms with E-state index in [1.807, 2.05) is 36.6 Å². The summed E-state index contributed by atoms with van der Waals surface area (Å²) in [5, 5.41) is 1.98. The average Bonchev–Trinajstić information content (AvgIpc) is 3.25. The number of hydrogen-bond donors (Lipinski definition) is 0. The summed E-state index contributed by atoms with van der Waals surface area (Å²) in [6.45, 7) is 4.90. The molecule has 0 unspecified atom stereocenters. The lowest BCUT2D eigenvalue weighted by atomic mass is 10.00. The number of rotatable bonds is 5. The Balaban J connectivity index is 1.60. The number of carbonyl (C=O) groups is 1. The van der Waals surface area contributed by atoms with Crippen molar-refractivity contribution in [2.75, 3.05) is 27.0 Å². The normalized spacial score (nSPS) is 17.8. The first-order valence-corrected chi connectivity index (χ1v) is 9.53. The van der Waals surface area contributed by atoms with Crippen LogP contribution in [0.4, 0.5) is 0 Å². The summed E-state index contributed by atoms with van der Waals surface area (Å²) >= 11 is 1.58. The van der Waals surface area contributed by atoms with E-state index in [-0.39, 0.29) is 5.78 Å². The fourth-order valence-corrected chi connectivity index (χ4v) is 4.02. The second-order valence-electron chi connectivity index (χ2n) is 6.49. The van der Waals surface area contributed by atoms with Gasteiger partial charge in [0.15, 0.2) is 5.76 Å². The van der Waals surface area contributed by atoms with Crippen molar-refractivity contribution >= 4 is 23.2 Å². The third-order valence-corrected chi connectivity index (χ3v) is 5.46. The van der Waals surface area contributed by atoms with Gasteiger partial charge in [0.2, 0.25) is 5.78 Å². The second-order valence-corrected chi connectivity index (χ2v) is 7.47. The molecular weight excluding hydrogens is 350 g/mol. The number of benzene rings is 1. The minimum absolute atomic E-state index is 0.0594. The van der Waals surface area contributed by atoms with E-state index in [9.17, 15) is 4.79 Å². The summed E-state index contributed by atoms with van der Waals surface area (Å²) in [5.74, 6) is 1.79. The molecule has 0 spiro atoms. The van der Waals surface area contributed by atoms with Gasteiger partial charge in [0.25, 0.3) is 0 Å². The van der Waals surface area contributed by atoms with Gasteiger partial charge in [-0.2, -0.15) is 0 Å². The molecule has 2 aliphatic heterocycles. The van der Waals surface area contributed by atoms with Crippen LogP contribution in [0.5, 0.6) is 11.5 Å². The van der Waals surface area contributed by atoms with E-state index in [2.05, 4.69) is 4.90 Å². The molecule has 26 heavy (non-hydrogen) atoms. The topological polar surface area (TPSA) is 48.0 Å². The Hall–Kier alpha value is -2.15. The van der Waals surface area contributed by atoms with Gasteiger partial charge < -0.3 is 14.2 Å². The van der Waals surface area contributed by atoms with Gasteiger partial charge in [-0.05, 0) is 30.9 Å². The summed E-state index contributed by atoms with van der Waals surface area (Å²) < 4.78 is 17.0. The van der Waals surface area contributed by atoms with Gasteiger partial charge in [-0.3, -0.25) is 9.69 Å². The molecule has 0 N–H and O–H groups in total. The van der Waals surface area contributed by atoms with Crippen LogP contribution in [-0.2, 0) is 11.3 Å². The predicted molar refractivity (Wildman–Crippen MR) is 101 cm³/mol. The zero-order valence-electron chi connectivity index (χ0n) is 14.9. The van der Waals surface area contributed by atoms with Crippen molar-refractivity contribution in [2.45, 2.75) is 19.9 Å². The Morgan fingerprint density at radius 2 is 2.27 bits per heavy atom. The predicted octanol–water partition coefficient (Wildman–Crippen LogP) is 3.86. The number of ether oxygens (including phenoxy) is 3. The summed E-state index contributed by atoms with van der Waals surface area (Å²) in [5.41, 5.74) is 2.57. The standard InChI is InChI=1S/C20H21NO4S/c1-13-19-14(11-21(12-24-19)6-4-7-23-2)9-16-18(22)17(25-20(13)16)10-15-5-3-8-26-15/h3,5,8-10H,4,6-7,11-12H2,1-2H3/b17-10-. The van der Waals surface area contributed by atoms with E-state index in [1.165, 1.54) is 0 Å². The van der Waals surface area contributed by atoms with Crippen LogP contribution >= 0.6 is 11.3 Å². The van der Waals surface area contributed by atoms with Gasteiger partial charge in [0.1, 0.15) is 18.2 Å². The fourth-order valence-electron chi connectivity index (χ4n) is 3.37. The molecule has 0 saturated carbocycles. The van der Waals surface area contributed by atoms with Crippen LogP contribution in [0.15, 0.2) is 29.3 Å². The van der Waals surface area contributed by atoms with E-state index in [4.69, 9.17) is 14.2 Å². The van der Waals surface area contributed by atoms with Crippen LogP contribution in [0.1, 0.15) is 32.8 Å². The first-order chi connectivity index (χ1) is 12.7. The summed E-state index contributed by atoms with van der Waals surface area (Å²) in [6.07, 6.45) is 2.76. The number of hydrogen-bond acceptors (Lipinski definition) is 6. The molecular formula is C20H21NO4S.